The summed E-state index contributed by atoms with van der Waals surface area (Å²) in [6.45, 7) is 4.79. The molecule has 2 N–H and O–H groups in total. The molecular weight excluding hydrogens is 181 g/mol. The molecule has 0 saturated heterocycles. The predicted octanol–water partition coefficient (Wildman–Crippen LogP) is 1.60. The maximum Gasteiger partial charge on any atom is 0.405 e. The highest BCUT2D eigenvalue weighted by Crippen LogP contribution is 2.26. The van der Waals surface area contributed by atoms with Gasteiger partial charge in [-0.3, -0.25) is 4.90 Å². The molecule has 5 heteroatoms. The third kappa shape index (κ3) is 3.52. The number of hydrogen-bond donors (Lipinski definition) is 1. The standard InChI is InChI=1S/C8H17F3N2/c1-5(2)13(4)7(6(3)12)8(9,10)11/h5-7H,12H2,1-4H3. The topological polar surface area (TPSA) is 29.3 Å². The Balaban J connectivity index is 4.62. The van der Waals surface area contributed by atoms with Crippen molar-refractivity contribution >= 4 is 0 Å². The highest BCUT2D eigenvalue weighted by Gasteiger charge is 2.45. The summed E-state index contributed by atoms with van der Waals surface area (Å²) in [5, 5.41) is 0. The van der Waals surface area contributed by atoms with Crippen molar-refractivity contribution in [2.24, 2.45) is 5.73 Å². The van der Waals surface area contributed by atoms with Crippen LogP contribution in [0.1, 0.15) is 20.8 Å². The van der Waals surface area contributed by atoms with Crippen molar-refractivity contribution in [1.82, 2.24) is 4.90 Å². The van der Waals surface area contributed by atoms with E-state index >= 15 is 0 Å². The van der Waals surface area contributed by atoms with Crippen molar-refractivity contribution in [2.75, 3.05) is 7.05 Å². The minimum atomic E-state index is -4.26. The summed E-state index contributed by atoms with van der Waals surface area (Å²) in [7, 11) is 1.44. The lowest BCUT2D eigenvalue weighted by atomic mass is 10.1. The first-order valence-electron chi connectivity index (χ1n) is 4.22. The molecule has 0 aliphatic heterocycles. The summed E-state index contributed by atoms with van der Waals surface area (Å²) in [6, 6.07) is -2.64. The van der Waals surface area contributed by atoms with E-state index in [-0.39, 0.29) is 6.04 Å². The average Bonchev–Trinajstić information content (AvgIpc) is 1.82. The zero-order chi connectivity index (χ0) is 10.8. The highest BCUT2D eigenvalue weighted by molar-refractivity contribution is 4.85. The fourth-order valence-electron chi connectivity index (χ4n) is 1.22. The first-order valence-corrected chi connectivity index (χ1v) is 4.22. The van der Waals surface area contributed by atoms with Gasteiger partial charge >= 0.3 is 6.18 Å². The molecule has 80 valence electrons. The van der Waals surface area contributed by atoms with E-state index in [1.807, 2.05) is 0 Å². The molecule has 0 saturated carbocycles. The molecule has 0 bridgehead atoms. The van der Waals surface area contributed by atoms with E-state index in [1.165, 1.54) is 18.9 Å². The molecule has 0 aromatic rings. The number of halogens is 3. The van der Waals surface area contributed by atoms with E-state index in [1.54, 1.807) is 13.8 Å². The molecule has 2 nitrogen and oxygen atoms in total. The van der Waals surface area contributed by atoms with Crippen LogP contribution >= 0.6 is 0 Å². The summed E-state index contributed by atoms with van der Waals surface area (Å²) >= 11 is 0. The molecule has 0 radical (unpaired) electrons. The molecule has 0 amide bonds. The highest BCUT2D eigenvalue weighted by atomic mass is 19.4. The Morgan fingerprint density at radius 3 is 1.62 bits per heavy atom. The van der Waals surface area contributed by atoms with E-state index in [9.17, 15) is 13.2 Å². The molecule has 0 spiro atoms. The van der Waals surface area contributed by atoms with Crippen molar-refractivity contribution in [3.05, 3.63) is 0 Å². The van der Waals surface area contributed by atoms with Crippen molar-refractivity contribution in [1.29, 1.82) is 0 Å². The zero-order valence-corrected chi connectivity index (χ0v) is 8.39. The van der Waals surface area contributed by atoms with Crippen LogP contribution in [-0.2, 0) is 0 Å². The largest absolute Gasteiger partial charge is 0.405 e. The van der Waals surface area contributed by atoms with Gasteiger partial charge in [0.1, 0.15) is 6.04 Å². The quantitative estimate of drug-likeness (QED) is 0.746. The Kier molecular flexibility index (Phi) is 4.19. The number of alkyl halides is 3. The summed E-state index contributed by atoms with van der Waals surface area (Å²) in [5.41, 5.74) is 5.30. The summed E-state index contributed by atoms with van der Waals surface area (Å²) in [6.07, 6.45) is -4.26. The SMILES string of the molecule is CC(N)C(N(C)C(C)C)C(F)(F)F. The minimum Gasteiger partial charge on any atom is -0.326 e. The van der Waals surface area contributed by atoms with Crippen LogP contribution in [0.15, 0.2) is 0 Å². The number of nitrogens with zero attached hydrogens (tertiary/aromatic N) is 1. The van der Waals surface area contributed by atoms with Crippen molar-refractivity contribution in [3.8, 4) is 0 Å². The van der Waals surface area contributed by atoms with Gasteiger partial charge in [-0.15, -0.1) is 0 Å². The molecule has 0 fully saturated rings. The molecule has 0 rings (SSSR count). The lowest BCUT2D eigenvalue weighted by molar-refractivity contribution is -0.188. The van der Waals surface area contributed by atoms with Gasteiger partial charge < -0.3 is 5.73 Å². The maximum absolute atomic E-state index is 12.5. The maximum atomic E-state index is 12.5. The molecule has 0 heterocycles. The number of hydrogen-bond acceptors (Lipinski definition) is 2. The van der Waals surface area contributed by atoms with Gasteiger partial charge in [-0.2, -0.15) is 13.2 Å². The molecular formula is C8H17F3N2. The molecule has 0 aliphatic carbocycles. The van der Waals surface area contributed by atoms with Gasteiger partial charge in [-0.1, -0.05) is 0 Å². The summed E-state index contributed by atoms with van der Waals surface area (Å²) in [5.74, 6) is 0. The van der Waals surface area contributed by atoms with Gasteiger partial charge in [0.05, 0.1) is 0 Å². The zero-order valence-electron chi connectivity index (χ0n) is 8.39. The Bertz CT molecular complexity index is 154. The fraction of sp³-hybridized carbons (Fsp3) is 1.00. The third-order valence-corrected chi connectivity index (χ3v) is 2.09. The van der Waals surface area contributed by atoms with Crippen molar-refractivity contribution < 1.29 is 13.2 Å². The van der Waals surface area contributed by atoms with Crippen molar-refractivity contribution in [2.45, 2.75) is 45.1 Å². The van der Waals surface area contributed by atoms with Crippen LogP contribution in [0.2, 0.25) is 0 Å². The van der Waals surface area contributed by atoms with Gasteiger partial charge in [0.15, 0.2) is 0 Å². The second-order valence-corrected chi connectivity index (χ2v) is 3.60. The van der Waals surface area contributed by atoms with E-state index in [2.05, 4.69) is 0 Å². The normalized spacial score (nSPS) is 18.0. The Morgan fingerprint density at radius 2 is 1.54 bits per heavy atom. The van der Waals surface area contributed by atoms with E-state index in [0.29, 0.717) is 0 Å². The van der Waals surface area contributed by atoms with Crippen LogP contribution in [0.3, 0.4) is 0 Å². The first-order chi connectivity index (χ1) is 5.68. The second-order valence-electron chi connectivity index (χ2n) is 3.60. The van der Waals surface area contributed by atoms with E-state index in [0.717, 1.165) is 0 Å². The Morgan fingerprint density at radius 1 is 1.15 bits per heavy atom. The Labute approximate surface area is 76.9 Å². The number of nitrogens with two attached hydrogens (primary N) is 1. The monoisotopic (exact) mass is 198 g/mol. The van der Waals surface area contributed by atoms with Crippen LogP contribution in [0.25, 0.3) is 0 Å². The summed E-state index contributed by atoms with van der Waals surface area (Å²) < 4.78 is 37.4. The van der Waals surface area contributed by atoms with Crippen LogP contribution < -0.4 is 5.73 Å². The number of likely N-dealkylation sites (N-methyl/N-ethyl adjacent to an activating group) is 1. The van der Waals surface area contributed by atoms with Gasteiger partial charge in [-0.25, -0.2) is 0 Å². The van der Waals surface area contributed by atoms with Crippen LogP contribution in [-0.4, -0.2) is 36.2 Å². The van der Waals surface area contributed by atoms with Crippen LogP contribution in [0.5, 0.6) is 0 Å². The number of rotatable bonds is 3. The molecule has 2 unspecified atom stereocenters. The molecule has 0 aliphatic rings. The molecule has 0 aromatic carbocycles. The van der Waals surface area contributed by atoms with Crippen molar-refractivity contribution in [3.63, 3.8) is 0 Å². The molecule has 0 aromatic heterocycles. The van der Waals surface area contributed by atoms with E-state index < -0.39 is 18.3 Å². The van der Waals surface area contributed by atoms with Gasteiger partial charge in [0, 0.05) is 12.1 Å². The van der Waals surface area contributed by atoms with E-state index in [4.69, 9.17) is 5.73 Å². The minimum absolute atomic E-state index is 0.169. The lowest BCUT2D eigenvalue weighted by Gasteiger charge is -2.35. The molecule has 13 heavy (non-hydrogen) atoms. The first kappa shape index (κ1) is 12.7. The van der Waals surface area contributed by atoms with Gasteiger partial charge in [0.25, 0.3) is 0 Å². The second kappa shape index (κ2) is 4.28. The lowest BCUT2D eigenvalue weighted by Crippen LogP contribution is -2.55. The Hall–Kier alpha value is -0.290. The third-order valence-electron chi connectivity index (χ3n) is 2.09. The smallest absolute Gasteiger partial charge is 0.326 e. The molecule has 2 atom stereocenters. The average molecular weight is 198 g/mol. The predicted molar refractivity (Wildman–Crippen MR) is 46.4 cm³/mol. The summed E-state index contributed by atoms with van der Waals surface area (Å²) in [4.78, 5) is 1.24. The van der Waals surface area contributed by atoms with Crippen LogP contribution in [0, 0.1) is 0 Å². The van der Waals surface area contributed by atoms with Gasteiger partial charge in [0.2, 0.25) is 0 Å². The van der Waals surface area contributed by atoms with Gasteiger partial charge in [-0.05, 0) is 27.8 Å². The fourth-order valence-corrected chi connectivity index (χ4v) is 1.22. The van der Waals surface area contributed by atoms with Crippen LogP contribution in [0.4, 0.5) is 13.2 Å².